The molecule has 18 heavy (non-hydrogen) atoms. The summed E-state index contributed by atoms with van der Waals surface area (Å²) in [7, 11) is 0. The van der Waals surface area contributed by atoms with Gasteiger partial charge in [0.05, 0.1) is 5.92 Å². The van der Waals surface area contributed by atoms with Gasteiger partial charge in [-0.15, -0.1) is 12.4 Å². The molecule has 1 saturated carbocycles. The number of rotatable bonds is 3. The summed E-state index contributed by atoms with van der Waals surface area (Å²) in [6.45, 7) is 0.999. The molecule has 0 radical (unpaired) electrons. The molecule has 2 fully saturated rings. The topological polar surface area (TPSA) is 84.2 Å². The third kappa shape index (κ3) is 3.85. The average Bonchev–Trinajstić information content (AvgIpc) is 2.74. The summed E-state index contributed by atoms with van der Waals surface area (Å²) in [6, 6.07) is 0. The smallest absolute Gasteiger partial charge is 0.225 e. The van der Waals surface area contributed by atoms with Crippen LogP contribution in [0.25, 0.3) is 0 Å². The molecule has 0 aromatic heterocycles. The van der Waals surface area contributed by atoms with E-state index in [1.54, 1.807) is 0 Å². The second kappa shape index (κ2) is 6.38. The number of nitrogens with two attached hydrogens (primary N) is 1. The first-order chi connectivity index (χ1) is 8.09. The Balaban J connectivity index is 0.00000162. The molecule has 4 N–H and O–H groups in total. The van der Waals surface area contributed by atoms with Gasteiger partial charge in [0.25, 0.3) is 0 Å². The number of carbonyl (C=O) groups excluding carboxylic acids is 2. The second-order valence-electron chi connectivity index (χ2n) is 5.35. The molecular weight excluding hydrogens is 254 g/mol. The molecule has 0 aromatic rings. The van der Waals surface area contributed by atoms with E-state index in [-0.39, 0.29) is 35.7 Å². The average molecular weight is 276 g/mol. The van der Waals surface area contributed by atoms with E-state index in [4.69, 9.17) is 5.73 Å². The molecule has 2 aliphatic rings. The van der Waals surface area contributed by atoms with Gasteiger partial charge in [-0.2, -0.15) is 0 Å². The maximum Gasteiger partial charge on any atom is 0.225 e. The van der Waals surface area contributed by atoms with Gasteiger partial charge in [-0.25, -0.2) is 0 Å². The zero-order valence-electron chi connectivity index (χ0n) is 10.5. The van der Waals surface area contributed by atoms with E-state index < -0.39 is 0 Å². The van der Waals surface area contributed by atoms with E-state index in [1.165, 1.54) is 6.42 Å². The van der Waals surface area contributed by atoms with Crippen LogP contribution in [0.15, 0.2) is 0 Å². The van der Waals surface area contributed by atoms with E-state index in [2.05, 4.69) is 10.6 Å². The molecule has 0 spiro atoms. The number of hydrogen-bond donors (Lipinski definition) is 3. The first-order valence-electron chi connectivity index (χ1n) is 6.42. The Morgan fingerprint density at radius 2 is 2.06 bits per heavy atom. The Morgan fingerprint density at radius 3 is 2.61 bits per heavy atom. The number of halogens is 1. The van der Waals surface area contributed by atoms with Crippen LogP contribution in [-0.4, -0.2) is 30.4 Å². The summed E-state index contributed by atoms with van der Waals surface area (Å²) < 4.78 is 0. The molecule has 104 valence electrons. The summed E-state index contributed by atoms with van der Waals surface area (Å²) in [6.07, 6.45) is 5.81. The Labute approximate surface area is 114 Å². The third-order valence-corrected chi connectivity index (χ3v) is 3.81. The standard InChI is InChI=1S/C12H21N3O2.ClH/c13-12(4-2-1-3-5-12)8-15-11(17)9-6-10(16)14-7-9;/h9H,1-8,13H2,(H,14,16)(H,15,17);1H. The summed E-state index contributed by atoms with van der Waals surface area (Å²) in [5, 5.41) is 5.57. The molecule has 2 amide bonds. The van der Waals surface area contributed by atoms with Crippen LogP contribution in [0.3, 0.4) is 0 Å². The van der Waals surface area contributed by atoms with Crippen molar-refractivity contribution in [3.63, 3.8) is 0 Å². The van der Waals surface area contributed by atoms with Crippen molar-refractivity contribution < 1.29 is 9.59 Å². The predicted molar refractivity (Wildman–Crippen MR) is 71.4 cm³/mol. The van der Waals surface area contributed by atoms with Gasteiger partial charge in [-0.05, 0) is 12.8 Å². The minimum Gasteiger partial charge on any atom is -0.355 e. The Bertz CT molecular complexity index is 316. The lowest BCUT2D eigenvalue weighted by Crippen LogP contribution is -2.52. The zero-order valence-corrected chi connectivity index (χ0v) is 11.4. The van der Waals surface area contributed by atoms with Crippen LogP contribution >= 0.6 is 12.4 Å². The fraction of sp³-hybridized carbons (Fsp3) is 0.833. The van der Waals surface area contributed by atoms with Crippen LogP contribution < -0.4 is 16.4 Å². The minimum absolute atomic E-state index is 0. The van der Waals surface area contributed by atoms with Crippen LogP contribution in [0.2, 0.25) is 0 Å². The maximum atomic E-state index is 11.8. The van der Waals surface area contributed by atoms with Crippen LogP contribution in [-0.2, 0) is 9.59 Å². The van der Waals surface area contributed by atoms with E-state index >= 15 is 0 Å². The van der Waals surface area contributed by atoms with Crippen molar-refractivity contribution in [2.24, 2.45) is 11.7 Å². The summed E-state index contributed by atoms with van der Waals surface area (Å²) in [5.74, 6) is -0.293. The highest BCUT2D eigenvalue weighted by Gasteiger charge is 2.31. The highest BCUT2D eigenvalue weighted by molar-refractivity contribution is 5.89. The molecule has 2 rings (SSSR count). The van der Waals surface area contributed by atoms with Crippen molar-refractivity contribution >= 4 is 24.2 Å². The first kappa shape index (κ1) is 15.2. The lowest BCUT2D eigenvalue weighted by molar-refractivity contribution is -0.126. The molecule has 5 nitrogen and oxygen atoms in total. The Morgan fingerprint density at radius 1 is 1.39 bits per heavy atom. The van der Waals surface area contributed by atoms with Crippen LogP contribution in [0.5, 0.6) is 0 Å². The van der Waals surface area contributed by atoms with Gasteiger partial charge in [0.2, 0.25) is 11.8 Å². The highest BCUT2D eigenvalue weighted by Crippen LogP contribution is 2.25. The SMILES string of the molecule is Cl.NC1(CNC(=O)C2CNC(=O)C2)CCCCC1. The van der Waals surface area contributed by atoms with E-state index in [0.717, 1.165) is 25.7 Å². The molecule has 1 atom stereocenters. The predicted octanol–water partition coefficient (Wildman–Crippen LogP) is 0.322. The molecule has 6 heteroatoms. The summed E-state index contributed by atoms with van der Waals surface area (Å²) in [4.78, 5) is 22.8. The van der Waals surface area contributed by atoms with E-state index in [1.807, 2.05) is 0 Å². The van der Waals surface area contributed by atoms with Gasteiger partial charge in [0.1, 0.15) is 0 Å². The maximum absolute atomic E-state index is 11.8. The van der Waals surface area contributed by atoms with Gasteiger partial charge in [-0.3, -0.25) is 9.59 Å². The molecule has 1 heterocycles. The largest absolute Gasteiger partial charge is 0.355 e. The third-order valence-electron chi connectivity index (χ3n) is 3.81. The van der Waals surface area contributed by atoms with Gasteiger partial charge >= 0.3 is 0 Å². The van der Waals surface area contributed by atoms with Crippen LogP contribution in [0.1, 0.15) is 38.5 Å². The highest BCUT2D eigenvalue weighted by atomic mass is 35.5. The van der Waals surface area contributed by atoms with Gasteiger partial charge in [0, 0.05) is 25.0 Å². The number of amides is 2. The fourth-order valence-corrected chi connectivity index (χ4v) is 2.63. The number of hydrogen-bond acceptors (Lipinski definition) is 3. The molecule has 0 aromatic carbocycles. The van der Waals surface area contributed by atoms with Crippen LogP contribution in [0.4, 0.5) is 0 Å². The van der Waals surface area contributed by atoms with Crippen LogP contribution in [0, 0.1) is 5.92 Å². The van der Waals surface area contributed by atoms with Gasteiger partial charge < -0.3 is 16.4 Å². The summed E-state index contributed by atoms with van der Waals surface area (Å²) in [5.41, 5.74) is 6.00. The molecule has 1 saturated heterocycles. The van der Waals surface area contributed by atoms with Crippen molar-refractivity contribution in [3.8, 4) is 0 Å². The van der Waals surface area contributed by atoms with Gasteiger partial charge in [-0.1, -0.05) is 19.3 Å². The minimum atomic E-state index is -0.232. The number of carbonyl (C=O) groups is 2. The van der Waals surface area contributed by atoms with E-state index in [9.17, 15) is 9.59 Å². The summed E-state index contributed by atoms with van der Waals surface area (Å²) >= 11 is 0. The monoisotopic (exact) mass is 275 g/mol. The fourth-order valence-electron chi connectivity index (χ4n) is 2.63. The lowest BCUT2D eigenvalue weighted by Gasteiger charge is -2.33. The van der Waals surface area contributed by atoms with Crippen molar-refractivity contribution in [1.29, 1.82) is 0 Å². The molecule has 1 unspecified atom stereocenters. The van der Waals surface area contributed by atoms with Crippen molar-refractivity contribution in [2.45, 2.75) is 44.1 Å². The quantitative estimate of drug-likeness (QED) is 0.694. The Hall–Kier alpha value is -0.810. The molecule has 0 bridgehead atoms. The lowest BCUT2D eigenvalue weighted by atomic mass is 9.82. The number of nitrogens with one attached hydrogen (secondary N) is 2. The van der Waals surface area contributed by atoms with Gasteiger partial charge in [0.15, 0.2) is 0 Å². The van der Waals surface area contributed by atoms with E-state index in [0.29, 0.717) is 19.5 Å². The molecule has 1 aliphatic heterocycles. The molecular formula is C12H22ClN3O2. The first-order valence-corrected chi connectivity index (χ1v) is 6.42. The molecule has 1 aliphatic carbocycles. The second-order valence-corrected chi connectivity index (χ2v) is 5.35. The van der Waals surface area contributed by atoms with Crippen molar-refractivity contribution in [2.75, 3.05) is 13.1 Å². The zero-order chi connectivity index (χ0) is 12.3. The Kier molecular flexibility index (Phi) is 5.41. The van der Waals surface area contributed by atoms with Crippen molar-refractivity contribution in [3.05, 3.63) is 0 Å². The normalized spacial score (nSPS) is 26.1. The van der Waals surface area contributed by atoms with Crippen molar-refractivity contribution in [1.82, 2.24) is 10.6 Å².